The Morgan fingerprint density at radius 2 is 1.75 bits per heavy atom. The molecular weight excluding hydrogens is 438 g/mol. The van der Waals surface area contributed by atoms with Crippen molar-refractivity contribution in [3.63, 3.8) is 0 Å². The van der Waals surface area contributed by atoms with Crippen LogP contribution in [0, 0.1) is 0 Å². The van der Waals surface area contributed by atoms with Gasteiger partial charge >= 0.3 is 0 Å². The van der Waals surface area contributed by atoms with Crippen LogP contribution in [0.1, 0.15) is 16.1 Å². The normalized spacial score (nSPS) is 11.2. The zero-order valence-electron chi connectivity index (χ0n) is 14.6. The van der Waals surface area contributed by atoms with E-state index in [1.54, 1.807) is 12.3 Å². The maximum Gasteiger partial charge on any atom is 0.288 e. The molecule has 0 aliphatic rings. The van der Waals surface area contributed by atoms with Crippen molar-refractivity contribution in [3.05, 3.63) is 93.5 Å². The molecule has 4 nitrogen and oxygen atoms in total. The van der Waals surface area contributed by atoms with E-state index in [1.165, 1.54) is 0 Å². The summed E-state index contributed by atoms with van der Waals surface area (Å²) in [5.41, 5.74) is 6.35. The van der Waals surface area contributed by atoms with E-state index in [-0.39, 0.29) is 5.91 Å². The van der Waals surface area contributed by atoms with Crippen molar-refractivity contribution in [3.8, 4) is 11.1 Å². The summed E-state index contributed by atoms with van der Waals surface area (Å²) in [6.07, 6.45) is 1.60. The first-order chi connectivity index (χ1) is 13.6. The number of carbonyl (C=O) groups is 1. The van der Waals surface area contributed by atoms with Crippen LogP contribution in [0.3, 0.4) is 0 Å². The van der Waals surface area contributed by atoms with Gasteiger partial charge in [0, 0.05) is 15.4 Å². The Morgan fingerprint density at radius 3 is 2.50 bits per heavy atom. The van der Waals surface area contributed by atoms with Crippen LogP contribution >= 0.6 is 27.5 Å². The lowest BCUT2D eigenvalue weighted by Gasteiger charge is -2.04. The second kappa shape index (κ2) is 8.00. The third-order valence-electron chi connectivity index (χ3n) is 4.32. The van der Waals surface area contributed by atoms with Gasteiger partial charge in [-0.05, 0) is 29.3 Å². The van der Waals surface area contributed by atoms with Crippen LogP contribution in [0.25, 0.3) is 22.0 Å². The van der Waals surface area contributed by atoms with E-state index in [0.717, 1.165) is 32.1 Å². The van der Waals surface area contributed by atoms with Gasteiger partial charge in [-0.3, -0.25) is 4.79 Å². The number of H-pyrrole nitrogens is 1. The van der Waals surface area contributed by atoms with Crippen molar-refractivity contribution in [2.45, 2.75) is 0 Å². The van der Waals surface area contributed by atoms with Gasteiger partial charge in [0.2, 0.25) is 0 Å². The molecule has 4 aromatic rings. The number of amides is 1. The maximum absolute atomic E-state index is 12.9. The lowest BCUT2D eigenvalue weighted by atomic mass is 10.0. The highest BCUT2D eigenvalue weighted by atomic mass is 79.9. The average molecular weight is 453 g/mol. The Hall–Kier alpha value is -2.89. The SMILES string of the molecule is O=C(NN=Cc1ccc(Br)cc1)c1[nH]c2c(Cl)cccc2c1-c1ccccc1. The molecule has 138 valence electrons. The topological polar surface area (TPSA) is 57.2 Å². The third kappa shape index (κ3) is 3.72. The minimum Gasteiger partial charge on any atom is -0.349 e. The number of fused-ring (bicyclic) bond motifs is 1. The number of nitrogens with zero attached hydrogens (tertiary/aromatic N) is 1. The fraction of sp³-hybridized carbons (Fsp3) is 0. The van der Waals surface area contributed by atoms with Crippen LogP contribution in [0.2, 0.25) is 5.02 Å². The molecule has 1 heterocycles. The molecule has 0 bridgehead atoms. The largest absolute Gasteiger partial charge is 0.349 e. The molecule has 28 heavy (non-hydrogen) atoms. The van der Waals surface area contributed by atoms with Gasteiger partial charge in [0.25, 0.3) is 5.91 Å². The van der Waals surface area contributed by atoms with E-state index in [4.69, 9.17) is 11.6 Å². The fourth-order valence-electron chi connectivity index (χ4n) is 3.03. The molecule has 3 aromatic carbocycles. The number of hydrogen-bond acceptors (Lipinski definition) is 2. The number of halogens is 2. The second-order valence-electron chi connectivity index (χ2n) is 6.15. The fourth-order valence-corrected chi connectivity index (χ4v) is 3.51. The van der Waals surface area contributed by atoms with Gasteiger partial charge in [-0.25, -0.2) is 5.43 Å². The summed E-state index contributed by atoms with van der Waals surface area (Å²) in [7, 11) is 0. The number of carbonyl (C=O) groups excluding carboxylic acids is 1. The van der Waals surface area contributed by atoms with E-state index in [2.05, 4.69) is 31.4 Å². The van der Waals surface area contributed by atoms with Gasteiger partial charge in [0.1, 0.15) is 5.69 Å². The molecule has 6 heteroatoms. The maximum atomic E-state index is 12.9. The number of hydrogen-bond donors (Lipinski definition) is 2. The van der Waals surface area contributed by atoms with E-state index in [1.807, 2.05) is 66.7 Å². The Balaban J connectivity index is 1.70. The van der Waals surface area contributed by atoms with E-state index in [0.29, 0.717) is 10.7 Å². The smallest absolute Gasteiger partial charge is 0.288 e. The second-order valence-corrected chi connectivity index (χ2v) is 7.48. The minimum atomic E-state index is -0.334. The van der Waals surface area contributed by atoms with Crippen molar-refractivity contribution in [2.75, 3.05) is 0 Å². The summed E-state index contributed by atoms with van der Waals surface area (Å²) in [5.74, 6) is -0.334. The number of benzene rings is 3. The van der Waals surface area contributed by atoms with Crippen LogP contribution < -0.4 is 5.43 Å². The quantitative estimate of drug-likeness (QED) is 0.289. The van der Waals surface area contributed by atoms with Gasteiger partial charge in [0.05, 0.1) is 16.8 Å². The number of hydrazone groups is 1. The summed E-state index contributed by atoms with van der Waals surface area (Å²) >= 11 is 9.73. The van der Waals surface area contributed by atoms with E-state index in [9.17, 15) is 4.79 Å². The number of rotatable bonds is 4. The van der Waals surface area contributed by atoms with Crippen LogP contribution in [0.15, 0.2) is 82.4 Å². The molecule has 0 saturated carbocycles. The molecule has 0 unspecified atom stereocenters. The van der Waals surface area contributed by atoms with E-state index >= 15 is 0 Å². The molecule has 0 aliphatic heterocycles. The molecule has 1 amide bonds. The first-order valence-corrected chi connectivity index (χ1v) is 9.75. The van der Waals surface area contributed by atoms with Crippen molar-refractivity contribution >= 4 is 50.6 Å². The molecule has 1 aromatic heterocycles. The Labute approximate surface area is 175 Å². The number of para-hydroxylation sites is 1. The molecule has 0 radical (unpaired) electrons. The Kier molecular flexibility index (Phi) is 5.28. The van der Waals surface area contributed by atoms with Crippen LogP contribution in [-0.2, 0) is 0 Å². The predicted molar refractivity (Wildman–Crippen MR) is 118 cm³/mol. The molecule has 0 saturated heterocycles. The van der Waals surface area contributed by atoms with Crippen molar-refractivity contribution in [2.24, 2.45) is 5.10 Å². The lowest BCUT2D eigenvalue weighted by Crippen LogP contribution is -2.18. The molecule has 0 aliphatic carbocycles. The zero-order chi connectivity index (χ0) is 19.5. The lowest BCUT2D eigenvalue weighted by molar-refractivity contribution is 0.0951. The standard InChI is InChI=1S/C22H15BrClN3O/c23-16-11-9-14(10-12-16)13-25-27-22(28)21-19(15-5-2-1-3-6-15)17-7-4-8-18(24)20(17)26-21/h1-13,26H,(H,27,28). The minimum absolute atomic E-state index is 0.334. The Morgan fingerprint density at radius 1 is 1.00 bits per heavy atom. The van der Waals surface area contributed by atoms with Gasteiger partial charge in [-0.15, -0.1) is 0 Å². The highest BCUT2D eigenvalue weighted by Crippen LogP contribution is 2.35. The highest BCUT2D eigenvalue weighted by molar-refractivity contribution is 9.10. The number of nitrogens with one attached hydrogen (secondary N) is 2. The monoisotopic (exact) mass is 451 g/mol. The summed E-state index contributed by atoms with van der Waals surface area (Å²) in [6, 6.07) is 23.0. The van der Waals surface area contributed by atoms with Crippen molar-refractivity contribution in [1.82, 2.24) is 10.4 Å². The summed E-state index contributed by atoms with van der Waals surface area (Å²) in [4.78, 5) is 16.0. The highest BCUT2D eigenvalue weighted by Gasteiger charge is 2.20. The van der Waals surface area contributed by atoms with Gasteiger partial charge in [0.15, 0.2) is 0 Å². The predicted octanol–water partition coefficient (Wildman–Crippen LogP) is 6.01. The first-order valence-electron chi connectivity index (χ1n) is 8.58. The molecule has 0 atom stereocenters. The molecule has 0 spiro atoms. The zero-order valence-corrected chi connectivity index (χ0v) is 17.0. The van der Waals surface area contributed by atoms with Gasteiger partial charge < -0.3 is 4.98 Å². The number of aromatic nitrogens is 1. The molecule has 0 fully saturated rings. The molecule has 4 rings (SSSR count). The van der Waals surface area contributed by atoms with Crippen LogP contribution in [0.5, 0.6) is 0 Å². The van der Waals surface area contributed by atoms with Gasteiger partial charge in [-0.1, -0.05) is 82.1 Å². The average Bonchev–Trinajstić information content (AvgIpc) is 3.11. The molecule has 2 N–H and O–H groups in total. The summed E-state index contributed by atoms with van der Waals surface area (Å²) < 4.78 is 0.983. The molecular formula is C22H15BrClN3O. The summed E-state index contributed by atoms with van der Waals surface area (Å²) in [6.45, 7) is 0. The van der Waals surface area contributed by atoms with Gasteiger partial charge in [-0.2, -0.15) is 5.10 Å². The Bertz CT molecular complexity index is 1170. The van der Waals surface area contributed by atoms with E-state index < -0.39 is 0 Å². The van der Waals surface area contributed by atoms with Crippen molar-refractivity contribution < 1.29 is 4.79 Å². The van der Waals surface area contributed by atoms with Crippen LogP contribution in [-0.4, -0.2) is 17.1 Å². The van der Waals surface area contributed by atoms with Crippen molar-refractivity contribution in [1.29, 1.82) is 0 Å². The summed E-state index contributed by atoms with van der Waals surface area (Å²) in [5, 5.41) is 5.53. The first kappa shape index (κ1) is 18.5. The number of aromatic amines is 1. The van der Waals surface area contributed by atoms with Crippen LogP contribution in [0.4, 0.5) is 0 Å². The third-order valence-corrected chi connectivity index (χ3v) is 5.17.